The fourth-order valence-corrected chi connectivity index (χ4v) is 2.27. The van der Waals surface area contributed by atoms with Gasteiger partial charge in [-0.3, -0.25) is 0 Å². The standard InChI is InChI=1S/C10H21N5S/c1-5-11-9(7-16-8(2)3)6-10-12-14-15(4)13-10/h8-9,11H,5-7H2,1-4H3. The Bertz CT molecular complexity index is 299. The van der Waals surface area contributed by atoms with Gasteiger partial charge in [0.25, 0.3) is 0 Å². The third-order valence-electron chi connectivity index (χ3n) is 2.10. The second-order valence-electron chi connectivity index (χ2n) is 4.04. The molecule has 92 valence electrons. The maximum Gasteiger partial charge on any atom is 0.176 e. The average molecular weight is 243 g/mol. The predicted molar refractivity (Wildman–Crippen MR) is 67.6 cm³/mol. The monoisotopic (exact) mass is 243 g/mol. The highest BCUT2D eigenvalue weighted by Crippen LogP contribution is 2.12. The Morgan fingerprint density at radius 1 is 1.44 bits per heavy atom. The van der Waals surface area contributed by atoms with E-state index in [-0.39, 0.29) is 0 Å². The highest BCUT2D eigenvalue weighted by molar-refractivity contribution is 7.99. The van der Waals surface area contributed by atoms with Gasteiger partial charge in [-0.2, -0.15) is 16.6 Å². The van der Waals surface area contributed by atoms with Crippen molar-refractivity contribution in [1.82, 2.24) is 25.5 Å². The van der Waals surface area contributed by atoms with Crippen molar-refractivity contribution in [1.29, 1.82) is 0 Å². The quantitative estimate of drug-likeness (QED) is 0.770. The molecule has 0 aliphatic carbocycles. The highest BCUT2D eigenvalue weighted by Gasteiger charge is 2.12. The maximum atomic E-state index is 4.21. The normalized spacial score (nSPS) is 13.3. The summed E-state index contributed by atoms with van der Waals surface area (Å²) < 4.78 is 0. The lowest BCUT2D eigenvalue weighted by atomic mass is 10.2. The van der Waals surface area contributed by atoms with E-state index in [4.69, 9.17) is 0 Å². The van der Waals surface area contributed by atoms with Gasteiger partial charge in [0, 0.05) is 18.2 Å². The zero-order chi connectivity index (χ0) is 12.0. The van der Waals surface area contributed by atoms with Crippen LogP contribution in [0.1, 0.15) is 26.6 Å². The summed E-state index contributed by atoms with van der Waals surface area (Å²) in [6.07, 6.45) is 0.849. The SMILES string of the molecule is CCNC(CSC(C)C)Cc1nnn(C)n1. The number of nitrogens with zero attached hydrogens (tertiary/aromatic N) is 4. The molecule has 1 heterocycles. The summed E-state index contributed by atoms with van der Waals surface area (Å²) in [5, 5.41) is 16.2. The van der Waals surface area contributed by atoms with Gasteiger partial charge in [-0.25, -0.2) is 0 Å². The molecular formula is C10H21N5S. The summed E-state index contributed by atoms with van der Waals surface area (Å²) >= 11 is 1.96. The minimum absolute atomic E-state index is 0.432. The molecule has 1 rings (SSSR count). The van der Waals surface area contributed by atoms with Crippen LogP contribution in [0.25, 0.3) is 0 Å². The van der Waals surface area contributed by atoms with Crippen LogP contribution >= 0.6 is 11.8 Å². The van der Waals surface area contributed by atoms with Crippen LogP contribution in [0.5, 0.6) is 0 Å². The van der Waals surface area contributed by atoms with Crippen molar-refractivity contribution in [2.45, 2.75) is 38.5 Å². The zero-order valence-corrected chi connectivity index (χ0v) is 11.3. The summed E-state index contributed by atoms with van der Waals surface area (Å²) in [6.45, 7) is 7.53. The molecule has 0 saturated carbocycles. The Hall–Kier alpha value is -0.620. The van der Waals surface area contributed by atoms with Gasteiger partial charge in [-0.15, -0.1) is 10.2 Å². The summed E-state index contributed by atoms with van der Waals surface area (Å²) in [5.41, 5.74) is 0. The fraction of sp³-hybridized carbons (Fsp3) is 0.900. The molecule has 0 spiro atoms. The van der Waals surface area contributed by atoms with E-state index in [1.807, 2.05) is 11.8 Å². The van der Waals surface area contributed by atoms with E-state index in [0.717, 1.165) is 24.5 Å². The number of nitrogens with one attached hydrogen (secondary N) is 1. The number of rotatable bonds is 7. The van der Waals surface area contributed by atoms with Gasteiger partial charge < -0.3 is 5.32 Å². The lowest BCUT2D eigenvalue weighted by molar-refractivity contribution is 0.555. The molecule has 5 nitrogen and oxygen atoms in total. The van der Waals surface area contributed by atoms with Crippen LogP contribution in [0, 0.1) is 0 Å². The molecule has 1 aromatic heterocycles. The average Bonchev–Trinajstić information content (AvgIpc) is 2.61. The molecule has 0 bridgehead atoms. The topological polar surface area (TPSA) is 55.6 Å². The largest absolute Gasteiger partial charge is 0.313 e. The first kappa shape index (κ1) is 13.4. The van der Waals surface area contributed by atoms with Gasteiger partial charge in [0.2, 0.25) is 0 Å². The van der Waals surface area contributed by atoms with Crippen molar-refractivity contribution < 1.29 is 0 Å². The first-order valence-corrected chi connectivity index (χ1v) is 6.74. The van der Waals surface area contributed by atoms with Crippen LogP contribution in [0.15, 0.2) is 0 Å². The lowest BCUT2D eigenvalue weighted by Crippen LogP contribution is -2.34. The molecule has 6 heteroatoms. The Morgan fingerprint density at radius 3 is 2.69 bits per heavy atom. The number of hydrogen-bond acceptors (Lipinski definition) is 5. The summed E-state index contributed by atoms with van der Waals surface area (Å²) in [5.74, 6) is 1.90. The number of hydrogen-bond donors (Lipinski definition) is 1. The van der Waals surface area contributed by atoms with Gasteiger partial charge in [-0.1, -0.05) is 20.8 Å². The van der Waals surface area contributed by atoms with E-state index in [9.17, 15) is 0 Å². The molecule has 16 heavy (non-hydrogen) atoms. The van der Waals surface area contributed by atoms with E-state index >= 15 is 0 Å². The smallest absolute Gasteiger partial charge is 0.176 e. The van der Waals surface area contributed by atoms with E-state index in [1.54, 1.807) is 7.05 Å². The van der Waals surface area contributed by atoms with E-state index < -0.39 is 0 Å². The van der Waals surface area contributed by atoms with Crippen molar-refractivity contribution in [3.05, 3.63) is 5.82 Å². The molecule has 1 aromatic rings. The van der Waals surface area contributed by atoms with Crippen molar-refractivity contribution in [2.75, 3.05) is 12.3 Å². The molecule has 0 saturated heterocycles. The Labute approximate surface area is 101 Å². The molecule has 0 aliphatic rings. The molecule has 1 atom stereocenters. The number of tetrazole rings is 1. The maximum absolute atomic E-state index is 4.21. The van der Waals surface area contributed by atoms with Gasteiger partial charge in [0.05, 0.1) is 7.05 Å². The van der Waals surface area contributed by atoms with Crippen molar-refractivity contribution >= 4 is 11.8 Å². The molecule has 0 aliphatic heterocycles. The molecule has 1 unspecified atom stereocenters. The van der Waals surface area contributed by atoms with Crippen LogP contribution in [-0.2, 0) is 13.5 Å². The third kappa shape index (κ3) is 4.94. The number of aromatic nitrogens is 4. The predicted octanol–water partition coefficient (Wildman–Crippen LogP) is 0.872. The summed E-state index contributed by atoms with van der Waals surface area (Å²) in [7, 11) is 1.79. The molecule has 1 N–H and O–H groups in total. The van der Waals surface area contributed by atoms with Gasteiger partial charge in [-0.05, 0) is 17.0 Å². The second-order valence-corrected chi connectivity index (χ2v) is 5.65. The van der Waals surface area contributed by atoms with Crippen LogP contribution < -0.4 is 5.32 Å². The van der Waals surface area contributed by atoms with Crippen LogP contribution in [0.3, 0.4) is 0 Å². The number of aryl methyl sites for hydroxylation is 1. The van der Waals surface area contributed by atoms with Crippen LogP contribution in [0.4, 0.5) is 0 Å². The van der Waals surface area contributed by atoms with Crippen molar-refractivity contribution in [3.8, 4) is 0 Å². The van der Waals surface area contributed by atoms with E-state index in [0.29, 0.717) is 11.3 Å². The minimum atomic E-state index is 0.432. The van der Waals surface area contributed by atoms with Gasteiger partial charge >= 0.3 is 0 Å². The number of likely N-dealkylation sites (N-methyl/N-ethyl adjacent to an activating group) is 1. The molecule has 0 aromatic carbocycles. The first-order valence-electron chi connectivity index (χ1n) is 5.69. The first-order chi connectivity index (χ1) is 7.61. The van der Waals surface area contributed by atoms with Gasteiger partial charge in [0.1, 0.15) is 0 Å². The lowest BCUT2D eigenvalue weighted by Gasteiger charge is -2.16. The molecular weight excluding hydrogens is 222 g/mol. The molecule has 0 amide bonds. The molecule has 0 fully saturated rings. The fourth-order valence-electron chi connectivity index (χ4n) is 1.41. The zero-order valence-electron chi connectivity index (χ0n) is 10.5. The van der Waals surface area contributed by atoms with Crippen LogP contribution in [-0.4, -0.2) is 43.8 Å². The van der Waals surface area contributed by atoms with Gasteiger partial charge in [0.15, 0.2) is 5.82 Å². The second kappa shape index (κ2) is 6.85. The Kier molecular flexibility index (Phi) is 5.76. The summed E-state index contributed by atoms with van der Waals surface area (Å²) in [4.78, 5) is 1.51. The molecule has 0 radical (unpaired) electrons. The van der Waals surface area contributed by atoms with E-state index in [1.165, 1.54) is 4.80 Å². The highest BCUT2D eigenvalue weighted by atomic mass is 32.2. The van der Waals surface area contributed by atoms with Crippen molar-refractivity contribution in [3.63, 3.8) is 0 Å². The van der Waals surface area contributed by atoms with E-state index in [2.05, 4.69) is 41.5 Å². The van der Waals surface area contributed by atoms with Crippen LogP contribution in [0.2, 0.25) is 0 Å². The Morgan fingerprint density at radius 2 is 2.19 bits per heavy atom. The van der Waals surface area contributed by atoms with Crippen molar-refractivity contribution in [2.24, 2.45) is 7.05 Å². The Balaban J connectivity index is 2.43. The summed E-state index contributed by atoms with van der Waals surface area (Å²) in [6, 6.07) is 0.432. The number of thioether (sulfide) groups is 1. The third-order valence-corrected chi connectivity index (χ3v) is 3.36. The minimum Gasteiger partial charge on any atom is -0.313 e.